The summed E-state index contributed by atoms with van der Waals surface area (Å²) in [5.74, 6) is 1.11. The van der Waals surface area contributed by atoms with Crippen LogP contribution >= 0.6 is 23.1 Å². The Morgan fingerprint density at radius 1 is 1.45 bits per heavy atom. The predicted octanol–water partition coefficient (Wildman–Crippen LogP) is 0.902. The molecule has 0 fully saturated rings. The van der Waals surface area contributed by atoms with E-state index in [1.54, 1.807) is 11.3 Å². The molecule has 0 spiro atoms. The summed E-state index contributed by atoms with van der Waals surface area (Å²) in [6, 6.07) is 0. The maximum atomic E-state index is 5.39. The molecule has 0 aromatic carbocycles. The zero-order valence-electron chi connectivity index (χ0n) is 6.41. The highest BCUT2D eigenvalue weighted by Gasteiger charge is 2.00. The van der Waals surface area contributed by atoms with Crippen LogP contribution in [0.2, 0.25) is 0 Å². The maximum absolute atomic E-state index is 5.39. The van der Waals surface area contributed by atoms with Gasteiger partial charge in [-0.3, -0.25) is 0 Å². The molecule has 0 saturated carbocycles. The van der Waals surface area contributed by atoms with Gasteiger partial charge in [-0.15, -0.1) is 21.5 Å². The molecule has 0 aliphatic rings. The van der Waals surface area contributed by atoms with E-state index in [0.717, 1.165) is 22.2 Å². The molecule has 0 amide bonds. The van der Waals surface area contributed by atoms with Crippen LogP contribution in [0.1, 0.15) is 10.0 Å². The average Bonchev–Trinajstić information content (AvgIpc) is 2.48. The lowest BCUT2D eigenvalue weighted by molar-refractivity contribution is 0.925. The van der Waals surface area contributed by atoms with Gasteiger partial charge in [0.25, 0.3) is 0 Å². The molecule has 0 bridgehead atoms. The molecule has 1 aromatic rings. The van der Waals surface area contributed by atoms with E-state index in [1.807, 2.05) is 11.8 Å². The van der Waals surface area contributed by atoms with Crippen molar-refractivity contribution < 1.29 is 0 Å². The van der Waals surface area contributed by atoms with Gasteiger partial charge in [-0.25, -0.2) is 0 Å². The minimum absolute atomic E-state index is 0.511. The standard InChI is InChI=1S/C6H11N3S2/c1-10-3-2-5-8-9-6(4-7)11-5/h2-4,7H2,1H3. The Morgan fingerprint density at radius 2 is 2.18 bits per heavy atom. The van der Waals surface area contributed by atoms with Crippen LogP contribution in [0.3, 0.4) is 0 Å². The fourth-order valence-corrected chi connectivity index (χ4v) is 1.91. The number of hydrogen-bond donors (Lipinski definition) is 1. The first-order chi connectivity index (χ1) is 5.36. The van der Waals surface area contributed by atoms with Crippen LogP contribution in [-0.2, 0) is 13.0 Å². The first kappa shape index (κ1) is 8.96. The van der Waals surface area contributed by atoms with E-state index in [4.69, 9.17) is 5.73 Å². The lowest BCUT2D eigenvalue weighted by atomic mass is 10.5. The normalized spacial score (nSPS) is 10.4. The molecule has 1 heterocycles. The zero-order chi connectivity index (χ0) is 8.10. The monoisotopic (exact) mass is 189 g/mol. The number of nitrogens with zero attached hydrogens (tertiary/aromatic N) is 2. The van der Waals surface area contributed by atoms with E-state index >= 15 is 0 Å². The molecule has 0 unspecified atom stereocenters. The third-order valence-electron chi connectivity index (χ3n) is 1.20. The number of nitrogens with two attached hydrogens (primary N) is 1. The van der Waals surface area contributed by atoms with Gasteiger partial charge in [-0.1, -0.05) is 0 Å². The molecular formula is C6H11N3S2. The van der Waals surface area contributed by atoms with Gasteiger partial charge in [0, 0.05) is 13.0 Å². The van der Waals surface area contributed by atoms with E-state index < -0.39 is 0 Å². The number of rotatable bonds is 4. The second kappa shape index (κ2) is 4.69. The summed E-state index contributed by atoms with van der Waals surface area (Å²) in [5, 5.41) is 9.95. The van der Waals surface area contributed by atoms with Gasteiger partial charge in [-0.2, -0.15) is 11.8 Å². The van der Waals surface area contributed by atoms with Crippen LogP contribution in [0.5, 0.6) is 0 Å². The first-order valence-corrected chi connectivity index (χ1v) is 5.58. The Morgan fingerprint density at radius 3 is 2.73 bits per heavy atom. The minimum atomic E-state index is 0.511. The molecule has 0 aliphatic heterocycles. The molecule has 0 aliphatic carbocycles. The van der Waals surface area contributed by atoms with Crippen molar-refractivity contribution in [2.75, 3.05) is 12.0 Å². The van der Waals surface area contributed by atoms with Crippen molar-refractivity contribution in [2.24, 2.45) is 5.73 Å². The third-order valence-corrected chi connectivity index (χ3v) is 2.82. The minimum Gasteiger partial charge on any atom is -0.324 e. The first-order valence-electron chi connectivity index (χ1n) is 3.37. The average molecular weight is 189 g/mol. The highest BCUT2D eigenvalue weighted by Crippen LogP contribution is 2.10. The zero-order valence-corrected chi connectivity index (χ0v) is 8.04. The predicted molar refractivity (Wildman–Crippen MR) is 49.9 cm³/mol. The van der Waals surface area contributed by atoms with E-state index in [9.17, 15) is 0 Å². The van der Waals surface area contributed by atoms with Gasteiger partial charge in [0.2, 0.25) is 0 Å². The summed E-state index contributed by atoms with van der Waals surface area (Å²) in [7, 11) is 0. The Labute approximate surface area is 74.4 Å². The van der Waals surface area contributed by atoms with Crippen molar-refractivity contribution in [3.63, 3.8) is 0 Å². The number of thioether (sulfide) groups is 1. The molecule has 0 saturated heterocycles. The topological polar surface area (TPSA) is 51.8 Å². The van der Waals surface area contributed by atoms with E-state index in [1.165, 1.54) is 0 Å². The molecule has 5 heteroatoms. The van der Waals surface area contributed by atoms with Crippen LogP contribution in [0, 0.1) is 0 Å². The lowest BCUT2D eigenvalue weighted by Gasteiger charge is -1.88. The molecule has 0 atom stereocenters. The van der Waals surface area contributed by atoms with E-state index in [0.29, 0.717) is 6.54 Å². The number of aryl methyl sites for hydroxylation is 1. The quantitative estimate of drug-likeness (QED) is 0.764. The largest absolute Gasteiger partial charge is 0.324 e. The van der Waals surface area contributed by atoms with Crippen LogP contribution in [0.15, 0.2) is 0 Å². The Balaban J connectivity index is 2.44. The summed E-state index contributed by atoms with van der Waals surface area (Å²) >= 11 is 3.43. The van der Waals surface area contributed by atoms with Crippen LogP contribution < -0.4 is 5.73 Å². The molecule has 1 rings (SSSR count). The van der Waals surface area contributed by atoms with Crippen LogP contribution in [0.4, 0.5) is 0 Å². The smallest absolute Gasteiger partial charge is 0.131 e. The van der Waals surface area contributed by atoms with Gasteiger partial charge in [0.05, 0.1) is 0 Å². The molecule has 2 N–H and O–H groups in total. The molecule has 11 heavy (non-hydrogen) atoms. The molecule has 0 radical (unpaired) electrons. The highest BCUT2D eigenvalue weighted by atomic mass is 32.2. The molecular weight excluding hydrogens is 178 g/mol. The van der Waals surface area contributed by atoms with Crippen molar-refractivity contribution in [1.82, 2.24) is 10.2 Å². The fourth-order valence-electron chi connectivity index (χ4n) is 0.661. The second-order valence-corrected chi connectivity index (χ2v) is 4.17. The lowest BCUT2D eigenvalue weighted by Crippen LogP contribution is -1.94. The molecule has 1 aromatic heterocycles. The van der Waals surface area contributed by atoms with E-state index in [-0.39, 0.29) is 0 Å². The van der Waals surface area contributed by atoms with Gasteiger partial charge < -0.3 is 5.73 Å². The second-order valence-electron chi connectivity index (χ2n) is 2.04. The fraction of sp³-hybridized carbons (Fsp3) is 0.667. The van der Waals surface area contributed by atoms with Gasteiger partial charge in [-0.05, 0) is 12.0 Å². The maximum Gasteiger partial charge on any atom is 0.131 e. The SMILES string of the molecule is CSCCc1nnc(CN)s1. The molecule has 62 valence electrons. The summed E-state index contributed by atoms with van der Waals surface area (Å²) in [6.45, 7) is 0.511. The third kappa shape index (κ3) is 2.76. The Kier molecular flexibility index (Phi) is 3.82. The Bertz CT molecular complexity index is 211. The Hall–Kier alpha value is -0.130. The number of hydrogen-bond acceptors (Lipinski definition) is 5. The van der Waals surface area contributed by atoms with Crippen molar-refractivity contribution in [1.29, 1.82) is 0 Å². The summed E-state index contributed by atoms with van der Waals surface area (Å²) in [4.78, 5) is 0. The summed E-state index contributed by atoms with van der Waals surface area (Å²) in [6.07, 6.45) is 3.10. The van der Waals surface area contributed by atoms with Crippen molar-refractivity contribution in [3.8, 4) is 0 Å². The van der Waals surface area contributed by atoms with Gasteiger partial charge in [0.1, 0.15) is 10.0 Å². The summed E-state index contributed by atoms with van der Waals surface area (Å²) < 4.78 is 0. The van der Waals surface area contributed by atoms with Gasteiger partial charge >= 0.3 is 0 Å². The van der Waals surface area contributed by atoms with Crippen molar-refractivity contribution in [3.05, 3.63) is 10.0 Å². The van der Waals surface area contributed by atoms with Crippen molar-refractivity contribution >= 4 is 23.1 Å². The van der Waals surface area contributed by atoms with E-state index in [2.05, 4.69) is 16.5 Å². The summed E-state index contributed by atoms with van der Waals surface area (Å²) in [5.41, 5.74) is 5.39. The van der Waals surface area contributed by atoms with Crippen molar-refractivity contribution in [2.45, 2.75) is 13.0 Å². The highest BCUT2D eigenvalue weighted by molar-refractivity contribution is 7.98. The van der Waals surface area contributed by atoms with Crippen LogP contribution in [0.25, 0.3) is 0 Å². The van der Waals surface area contributed by atoms with Gasteiger partial charge in [0.15, 0.2) is 0 Å². The molecule has 3 nitrogen and oxygen atoms in total. The van der Waals surface area contributed by atoms with Crippen LogP contribution in [-0.4, -0.2) is 22.2 Å². The number of aromatic nitrogens is 2.